The highest BCUT2D eigenvalue weighted by atomic mass is 32.2. The number of nitrogens with one attached hydrogen (secondary N) is 1. The maximum Gasteiger partial charge on any atom is 0.269 e. The molecule has 32 heavy (non-hydrogen) atoms. The van der Waals surface area contributed by atoms with Crippen molar-refractivity contribution in [1.29, 1.82) is 0 Å². The first-order chi connectivity index (χ1) is 15.4. The Morgan fingerprint density at radius 3 is 2.44 bits per heavy atom. The molecule has 4 rings (SSSR count). The van der Waals surface area contributed by atoms with Gasteiger partial charge in [-0.05, 0) is 54.2 Å². The summed E-state index contributed by atoms with van der Waals surface area (Å²) in [6.45, 7) is 3.74. The highest BCUT2D eigenvalue weighted by Crippen LogP contribution is 2.32. The topological polar surface area (TPSA) is 106 Å². The van der Waals surface area contributed by atoms with Crippen LogP contribution >= 0.6 is 0 Å². The molecule has 0 unspecified atom stereocenters. The third kappa shape index (κ3) is 4.31. The van der Waals surface area contributed by atoms with Crippen LogP contribution in [-0.4, -0.2) is 23.5 Å². The van der Waals surface area contributed by atoms with E-state index in [2.05, 4.69) is 41.1 Å². The SMILES string of the molecule is C=C(c1cc(C2=CCCC=C2Cc2ccccc2)[nH]n1)S(=O)(=O)c1ccc([N+](=O)[O-])cc1. The standard InChI is InChI=1S/C24H21N3O4S/c1-17(32(30,31)21-13-11-20(12-14-21)27(28)29)23-16-24(26-25-23)22-10-6-5-9-19(22)15-18-7-3-2-4-8-18/h2-4,7-14,16H,1,5-6,15H2,(H,25,26). The molecule has 7 nitrogen and oxygen atoms in total. The van der Waals surface area contributed by atoms with Gasteiger partial charge in [0, 0.05) is 12.1 Å². The van der Waals surface area contributed by atoms with E-state index in [1.54, 1.807) is 6.07 Å². The molecule has 162 valence electrons. The Labute approximate surface area is 185 Å². The van der Waals surface area contributed by atoms with Gasteiger partial charge in [0.15, 0.2) is 0 Å². The van der Waals surface area contributed by atoms with Crippen molar-refractivity contribution in [3.05, 3.63) is 112 Å². The lowest BCUT2D eigenvalue weighted by atomic mass is 9.90. The third-order valence-electron chi connectivity index (χ3n) is 5.33. The van der Waals surface area contributed by atoms with Crippen LogP contribution in [0.2, 0.25) is 0 Å². The zero-order chi connectivity index (χ0) is 22.7. The van der Waals surface area contributed by atoms with Gasteiger partial charge in [0.25, 0.3) is 5.69 Å². The zero-order valence-corrected chi connectivity index (χ0v) is 18.0. The van der Waals surface area contributed by atoms with Gasteiger partial charge >= 0.3 is 0 Å². The zero-order valence-electron chi connectivity index (χ0n) is 17.2. The van der Waals surface area contributed by atoms with Crippen molar-refractivity contribution < 1.29 is 13.3 Å². The van der Waals surface area contributed by atoms with E-state index in [1.165, 1.54) is 17.7 Å². The Morgan fingerprint density at radius 2 is 1.75 bits per heavy atom. The molecule has 0 radical (unpaired) electrons. The molecular weight excluding hydrogens is 426 g/mol. The number of aromatic nitrogens is 2. The number of hydrogen-bond donors (Lipinski definition) is 1. The first-order valence-electron chi connectivity index (χ1n) is 10.0. The molecule has 1 aliphatic rings. The van der Waals surface area contributed by atoms with Crippen molar-refractivity contribution in [3.8, 4) is 0 Å². The lowest BCUT2D eigenvalue weighted by Gasteiger charge is -2.15. The van der Waals surface area contributed by atoms with E-state index in [-0.39, 0.29) is 21.2 Å². The van der Waals surface area contributed by atoms with Crippen LogP contribution in [0.4, 0.5) is 5.69 Å². The average molecular weight is 448 g/mol. The summed E-state index contributed by atoms with van der Waals surface area (Å²) < 4.78 is 25.9. The number of nitro benzene ring substituents is 1. The Kier molecular flexibility index (Phi) is 5.87. The molecule has 0 atom stereocenters. The number of aromatic amines is 1. The summed E-state index contributed by atoms with van der Waals surface area (Å²) in [5, 5.41) is 18.0. The van der Waals surface area contributed by atoms with Gasteiger partial charge in [-0.2, -0.15) is 5.10 Å². The third-order valence-corrected chi connectivity index (χ3v) is 7.08. The second-order valence-corrected chi connectivity index (χ2v) is 9.40. The Bertz CT molecular complexity index is 1340. The van der Waals surface area contributed by atoms with Crippen molar-refractivity contribution in [2.75, 3.05) is 0 Å². The quantitative estimate of drug-likeness (QED) is 0.400. The van der Waals surface area contributed by atoms with Crippen molar-refractivity contribution in [2.45, 2.75) is 24.2 Å². The average Bonchev–Trinajstić information content (AvgIpc) is 3.29. The van der Waals surface area contributed by atoms with Gasteiger partial charge in [0.1, 0.15) is 5.69 Å². The lowest BCUT2D eigenvalue weighted by Crippen LogP contribution is -2.04. The summed E-state index contributed by atoms with van der Waals surface area (Å²) in [7, 11) is -3.95. The summed E-state index contributed by atoms with van der Waals surface area (Å²) in [4.78, 5) is 10.0. The van der Waals surface area contributed by atoms with Crippen molar-refractivity contribution in [1.82, 2.24) is 10.2 Å². The second-order valence-electron chi connectivity index (χ2n) is 7.43. The van der Waals surface area contributed by atoms with Gasteiger partial charge in [-0.25, -0.2) is 8.42 Å². The molecule has 0 saturated heterocycles. The summed E-state index contributed by atoms with van der Waals surface area (Å²) in [6.07, 6.45) is 6.94. The van der Waals surface area contributed by atoms with Crippen LogP contribution in [0.25, 0.3) is 10.5 Å². The van der Waals surface area contributed by atoms with E-state index in [0.717, 1.165) is 48.2 Å². The van der Waals surface area contributed by atoms with Crippen LogP contribution in [0.1, 0.15) is 29.8 Å². The molecule has 0 amide bonds. The summed E-state index contributed by atoms with van der Waals surface area (Å²) in [5.41, 5.74) is 4.10. The van der Waals surface area contributed by atoms with Gasteiger partial charge in [-0.15, -0.1) is 0 Å². The number of nitrogens with zero attached hydrogens (tertiary/aromatic N) is 2. The number of nitro groups is 1. The molecule has 3 aromatic rings. The van der Waals surface area contributed by atoms with E-state index < -0.39 is 14.8 Å². The lowest BCUT2D eigenvalue weighted by molar-refractivity contribution is -0.384. The molecule has 1 heterocycles. The normalized spacial score (nSPS) is 13.9. The Hall–Kier alpha value is -3.78. The fraction of sp³-hybridized carbons (Fsp3) is 0.125. The monoisotopic (exact) mass is 447 g/mol. The van der Waals surface area contributed by atoms with E-state index in [0.29, 0.717) is 0 Å². The molecule has 0 aliphatic heterocycles. The maximum absolute atomic E-state index is 13.0. The van der Waals surface area contributed by atoms with Crippen molar-refractivity contribution in [2.24, 2.45) is 0 Å². The number of rotatable bonds is 7. The van der Waals surface area contributed by atoms with Crippen LogP contribution in [0.5, 0.6) is 0 Å². The Balaban J connectivity index is 1.58. The predicted octanol–water partition coefficient (Wildman–Crippen LogP) is 5.11. The molecule has 0 fully saturated rings. The molecule has 2 aromatic carbocycles. The molecule has 0 bridgehead atoms. The fourth-order valence-electron chi connectivity index (χ4n) is 3.62. The number of non-ortho nitro benzene ring substituents is 1. The van der Waals surface area contributed by atoms with Crippen molar-refractivity contribution in [3.63, 3.8) is 0 Å². The highest BCUT2D eigenvalue weighted by molar-refractivity contribution is 8.00. The van der Waals surface area contributed by atoms with Gasteiger partial charge in [-0.3, -0.25) is 15.2 Å². The largest absolute Gasteiger partial charge is 0.277 e. The van der Waals surface area contributed by atoms with Crippen LogP contribution in [0.3, 0.4) is 0 Å². The van der Waals surface area contributed by atoms with E-state index in [4.69, 9.17) is 0 Å². The van der Waals surface area contributed by atoms with Crippen LogP contribution in [0, 0.1) is 10.1 Å². The van der Waals surface area contributed by atoms with Crippen molar-refractivity contribution >= 4 is 26.0 Å². The minimum atomic E-state index is -3.95. The number of H-pyrrole nitrogens is 1. The first-order valence-corrected chi connectivity index (χ1v) is 11.5. The number of sulfone groups is 1. The first kappa shape index (κ1) is 21.5. The maximum atomic E-state index is 13.0. The molecule has 1 aromatic heterocycles. The second kappa shape index (κ2) is 8.76. The van der Waals surface area contributed by atoms with E-state index in [9.17, 15) is 18.5 Å². The minimum Gasteiger partial charge on any atom is -0.277 e. The van der Waals surface area contributed by atoms with Crippen LogP contribution in [0.15, 0.2) is 89.9 Å². The molecule has 8 heteroatoms. The molecule has 1 aliphatic carbocycles. The molecular formula is C24H21N3O4S. The molecule has 1 N–H and O–H groups in total. The molecule has 0 saturated carbocycles. The summed E-state index contributed by atoms with van der Waals surface area (Å²) >= 11 is 0. The number of hydrogen-bond acceptors (Lipinski definition) is 5. The van der Waals surface area contributed by atoms with Gasteiger partial charge in [0.2, 0.25) is 9.84 Å². The minimum absolute atomic E-state index is 0.0702. The van der Waals surface area contributed by atoms with E-state index >= 15 is 0 Å². The molecule has 0 spiro atoms. The fourth-order valence-corrected chi connectivity index (χ4v) is 4.78. The van der Waals surface area contributed by atoms with Gasteiger partial charge < -0.3 is 0 Å². The summed E-state index contributed by atoms with van der Waals surface area (Å²) in [6, 6.07) is 16.5. The van der Waals surface area contributed by atoms with E-state index in [1.807, 2.05) is 18.2 Å². The van der Waals surface area contributed by atoms with Crippen LogP contribution in [-0.2, 0) is 16.3 Å². The van der Waals surface area contributed by atoms with Gasteiger partial charge in [0.05, 0.1) is 20.4 Å². The van der Waals surface area contributed by atoms with Crippen LogP contribution < -0.4 is 0 Å². The number of allylic oxidation sites excluding steroid dienone is 4. The van der Waals surface area contributed by atoms with Gasteiger partial charge in [-0.1, -0.05) is 49.1 Å². The number of benzene rings is 2. The predicted molar refractivity (Wildman–Crippen MR) is 123 cm³/mol. The Morgan fingerprint density at radius 1 is 1.06 bits per heavy atom. The summed E-state index contributed by atoms with van der Waals surface area (Å²) in [5.74, 6) is 0. The highest BCUT2D eigenvalue weighted by Gasteiger charge is 2.24. The smallest absolute Gasteiger partial charge is 0.269 e.